The van der Waals surface area contributed by atoms with Crippen LogP contribution in [0.2, 0.25) is 0 Å². The molecule has 0 aromatic rings. The number of ether oxygens (including phenoxy) is 2. The molecule has 1 aliphatic rings. The summed E-state index contributed by atoms with van der Waals surface area (Å²) in [7, 11) is 0. The number of hydrogen-bond acceptors (Lipinski definition) is 8. The van der Waals surface area contributed by atoms with E-state index >= 15 is 0 Å². The Morgan fingerprint density at radius 1 is 0.374 bits per heavy atom. The minimum atomic E-state index is -1.57. The maximum absolute atomic E-state index is 13.2. The summed E-state index contributed by atoms with van der Waals surface area (Å²) in [6.45, 7) is 3.82. The maximum Gasteiger partial charge on any atom is 0.220 e. The molecule has 0 aromatic heterocycles. The van der Waals surface area contributed by atoms with Crippen LogP contribution in [0.3, 0.4) is 0 Å². The van der Waals surface area contributed by atoms with Gasteiger partial charge in [-0.05, 0) is 64.2 Å². The van der Waals surface area contributed by atoms with Gasteiger partial charge in [-0.25, -0.2) is 0 Å². The van der Waals surface area contributed by atoms with E-state index < -0.39 is 49.5 Å². The Labute approximate surface area is 564 Å². The number of allylic oxidation sites excluding steroid dienone is 7. The Morgan fingerprint density at radius 2 is 0.659 bits per heavy atom. The lowest BCUT2D eigenvalue weighted by Gasteiger charge is -2.40. The quantitative estimate of drug-likeness (QED) is 0.0261. The van der Waals surface area contributed by atoms with Gasteiger partial charge in [0.2, 0.25) is 5.91 Å². The SMILES string of the molecule is CCCCCCC/C=C\C/C=C\CCCCCCCCCCCCCCCCCCCCCCCCCC(=O)NC(COC1OC(CO)C(O)C(O)C1O)C(O)/C=C/CC/C=C/CCCCCCCCCCCCCCCCCCCCCCCCCCCCC. The van der Waals surface area contributed by atoms with Crippen molar-refractivity contribution in [2.45, 2.75) is 455 Å². The molecule has 536 valence electrons. The molecule has 1 amide bonds. The standard InChI is InChI=1S/C82H155NO8/c1-3-5-7-9-11-13-15-17-19-21-23-25-27-29-31-33-35-37-38-40-42-44-46-48-50-52-54-56-58-60-62-64-66-68-70-72-78(86)83-75(74-90-82-81(89)80(88)79(87)77(73-84)91-82)76(85)71-69-67-65-63-61-59-57-55-53-51-49-47-45-43-41-39-36-34-32-30-28-26-24-22-20-18-16-14-12-10-8-6-4-2/h15,17,21,23,61,63,69,71,75-77,79-82,84-85,87-89H,3-14,16,18-20,22,24-60,62,64-68,70,72-74H2,1-2H3,(H,83,86)/b17-15-,23-21-,63-61+,71-69+. The molecule has 0 aromatic carbocycles. The van der Waals surface area contributed by atoms with Crippen LogP contribution in [0.15, 0.2) is 48.6 Å². The molecule has 9 heteroatoms. The first-order chi connectivity index (χ1) is 44.8. The summed E-state index contributed by atoms with van der Waals surface area (Å²) in [6.07, 6.45) is 91.3. The van der Waals surface area contributed by atoms with Gasteiger partial charge in [0.15, 0.2) is 6.29 Å². The number of nitrogens with one attached hydrogen (secondary N) is 1. The first kappa shape index (κ1) is 87.2. The number of carbonyl (C=O) groups excluding carboxylic acids is 1. The highest BCUT2D eigenvalue weighted by atomic mass is 16.7. The molecule has 6 N–H and O–H groups in total. The lowest BCUT2D eigenvalue weighted by Crippen LogP contribution is -2.60. The van der Waals surface area contributed by atoms with Gasteiger partial charge in [0.25, 0.3) is 0 Å². The molecule has 1 saturated heterocycles. The monoisotopic (exact) mass is 1280 g/mol. The first-order valence-electron chi connectivity index (χ1n) is 40.4. The summed E-state index contributed by atoms with van der Waals surface area (Å²) >= 11 is 0. The van der Waals surface area contributed by atoms with Gasteiger partial charge in [0.05, 0.1) is 25.4 Å². The molecule has 9 nitrogen and oxygen atoms in total. The zero-order valence-corrected chi connectivity index (χ0v) is 60.4. The zero-order chi connectivity index (χ0) is 65.7. The highest BCUT2D eigenvalue weighted by Gasteiger charge is 2.44. The average Bonchev–Trinajstić information content (AvgIpc) is 1.58. The molecule has 7 atom stereocenters. The van der Waals surface area contributed by atoms with Crippen LogP contribution >= 0.6 is 0 Å². The summed E-state index contributed by atoms with van der Waals surface area (Å²) in [6, 6.07) is -0.823. The maximum atomic E-state index is 13.2. The van der Waals surface area contributed by atoms with Crippen molar-refractivity contribution in [3.8, 4) is 0 Å². The van der Waals surface area contributed by atoms with Gasteiger partial charge in [-0.15, -0.1) is 0 Å². The molecule has 7 unspecified atom stereocenters. The molecule has 0 spiro atoms. The topological polar surface area (TPSA) is 149 Å². The van der Waals surface area contributed by atoms with Crippen molar-refractivity contribution in [2.75, 3.05) is 13.2 Å². The summed E-state index contributed by atoms with van der Waals surface area (Å²) < 4.78 is 11.3. The van der Waals surface area contributed by atoms with Gasteiger partial charge in [-0.2, -0.15) is 0 Å². The number of hydrogen-bond donors (Lipinski definition) is 6. The molecule has 0 aliphatic carbocycles. The number of aliphatic hydroxyl groups is 5. The fraction of sp³-hybridized carbons (Fsp3) is 0.890. The Kier molecular flexibility index (Phi) is 67.9. The Morgan fingerprint density at radius 3 is 0.989 bits per heavy atom. The molecule has 91 heavy (non-hydrogen) atoms. The Hall–Kier alpha value is -1.85. The number of carbonyl (C=O) groups is 1. The highest BCUT2D eigenvalue weighted by molar-refractivity contribution is 5.76. The number of aliphatic hydroxyl groups excluding tert-OH is 5. The minimum Gasteiger partial charge on any atom is -0.394 e. The largest absolute Gasteiger partial charge is 0.394 e. The predicted molar refractivity (Wildman–Crippen MR) is 392 cm³/mol. The summed E-state index contributed by atoms with van der Waals surface area (Å²) in [5.74, 6) is -0.178. The molecule has 1 fully saturated rings. The van der Waals surface area contributed by atoms with Crippen LogP contribution < -0.4 is 5.32 Å². The van der Waals surface area contributed by atoms with Gasteiger partial charge in [0.1, 0.15) is 24.4 Å². The van der Waals surface area contributed by atoms with E-state index in [9.17, 15) is 30.3 Å². The van der Waals surface area contributed by atoms with Crippen LogP contribution in [-0.2, 0) is 14.3 Å². The second kappa shape index (κ2) is 70.9. The second-order valence-electron chi connectivity index (χ2n) is 28.2. The average molecular weight is 1280 g/mol. The fourth-order valence-electron chi connectivity index (χ4n) is 13.1. The summed E-state index contributed by atoms with van der Waals surface area (Å²) in [4.78, 5) is 13.2. The van der Waals surface area contributed by atoms with Crippen molar-refractivity contribution in [1.82, 2.24) is 5.32 Å². The third-order valence-corrected chi connectivity index (χ3v) is 19.4. The van der Waals surface area contributed by atoms with E-state index in [1.165, 1.54) is 347 Å². The van der Waals surface area contributed by atoms with Crippen LogP contribution in [0, 0.1) is 0 Å². The lowest BCUT2D eigenvalue weighted by atomic mass is 9.99. The number of amides is 1. The van der Waals surface area contributed by atoms with E-state index in [-0.39, 0.29) is 12.5 Å². The van der Waals surface area contributed by atoms with Crippen molar-refractivity contribution >= 4 is 5.91 Å². The lowest BCUT2D eigenvalue weighted by molar-refractivity contribution is -0.302. The van der Waals surface area contributed by atoms with Crippen molar-refractivity contribution in [1.29, 1.82) is 0 Å². The molecule has 1 rings (SSSR count). The molecule has 1 heterocycles. The van der Waals surface area contributed by atoms with Crippen molar-refractivity contribution in [3.05, 3.63) is 48.6 Å². The Balaban J connectivity index is 2.08. The van der Waals surface area contributed by atoms with Gasteiger partial charge >= 0.3 is 0 Å². The highest BCUT2D eigenvalue weighted by Crippen LogP contribution is 2.24. The van der Waals surface area contributed by atoms with Crippen LogP contribution in [0.25, 0.3) is 0 Å². The van der Waals surface area contributed by atoms with E-state index in [2.05, 4.69) is 55.6 Å². The smallest absolute Gasteiger partial charge is 0.220 e. The third kappa shape index (κ3) is 59.2. The second-order valence-corrected chi connectivity index (χ2v) is 28.2. The molecule has 0 saturated carbocycles. The van der Waals surface area contributed by atoms with E-state index in [1.807, 2.05) is 6.08 Å². The van der Waals surface area contributed by atoms with Gasteiger partial charge in [-0.1, -0.05) is 390 Å². The molecular weight excluding hydrogens is 1130 g/mol. The van der Waals surface area contributed by atoms with Gasteiger partial charge in [-0.3, -0.25) is 4.79 Å². The molecule has 0 bridgehead atoms. The van der Waals surface area contributed by atoms with Crippen molar-refractivity contribution < 1.29 is 39.8 Å². The van der Waals surface area contributed by atoms with Gasteiger partial charge < -0.3 is 40.3 Å². The Bertz CT molecular complexity index is 1580. The van der Waals surface area contributed by atoms with E-state index in [1.54, 1.807) is 6.08 Å². The van der Waals surface area contributed by atoms with Crippen molar-refractivity contribution in [2.24, 2.45) is 0 Å². The first-order valence-corrected chi connectivity index (χ1v) is 40.4. The normalized spacial score (nSPS) is 17.9. The van der Waals surface area contributed by atoms with Crippen molar-refractivity contribution in [3.63, 3.8) is 0 Å². The minimum absolute atomic E-state index is 0.178. The summed E-state index contributed by atoms with van der Waals surface area (Å²) in [5.41, 5.74) is 0. The van der Waals surface area contributed by atoms with Crippen LogP contribution in [-0.4, -0.2) is 87.5 Å². The van der Waals surface area contributed by atoms with Gasteiger partial charge in [0, 0.05) is 6.42 Å². The molecule has 1 aliphatic heterocycles. The summed E-state index contributed by atoms with van der Waals surface area (Å²) in [5, 5.41) is 54.9. The van der Waals surface area contributed by atoms with Crippen LogP contribution in [0.1, 0.15) is 412 Å². The predicted octanol–water partition coefficient (Wildman–Crippen LogP) is 23.1. The van der Waals surface area contributed by atoms with Crippen LogP contribution in [0.5, 0.6) is 0 Å². The fourth-order valence-corrected chi connectivity index (χ4v) is 13.1. The van der Waals surface area contributed by atoms with E-state index in [0.717, 1.165) is 44.9 Å². The number of rotatable bonds is 72. The number of unbranched alkanes of at least 4 members (excludes halogenated alkanes) is 56. The molecular formula is C82H155NO8. The third-order valence-electron chi connectivity index (χ3n) is 19.4. The van der Waals surface area contributed by atoms with E-state index in [4.69, 9.17) is 9.47 Å². The van der Waals surface area contributed by atoms with Crippen LogP contribution in [0.4, 0.5) is 0 Å². The zero-order valence-electron chi connectivity index (χ0n) is 60.4. The molecule has 0 radical (unpaired) electrons. The van der Waals surface area contributed by atoms with E-state index in [0.29, 0.717) is 6.42 Å².